The molecule has 2 aromatic rings. The average molecular weight is 295 g/mol. The molecule has 2 aromatic carbocycles. The number of hydrogen-bond acceptors (Lipinski definition) is 2. The number of rotatable bonds is 1. The van der Waals surface area contributed by atoms with Crippen LogP contribution in [-0.2, 0) is 0 Å². The van der Waals surface area contributed by atoms with Crippen LogP contribution in [0, 0.1) is 11.3 Å². The highest BCUT2D eigenvalue weighted by atomic mass is 35.5. The molecule has 1 amide bonds. The van der Waals surface area contributed by atoms with E-state index in [0.29, 0.717) is 10.6 Å². The van der Waals surface area contributed by atoms with Crippen LogP contribution in [0.25, 0.3) is 6.08 Å². The van der Waals surface area contributed by atoms with Gasteiger partial charge in [0.25, 0.3) is 5.91 Å². The van der Waals surface area contributed by atoms with E-state index in [9.17, 15) is 10.1 Å². The number of fused-ring (bicyclic) bond motifs is 1. The number of para-hydroxylation sites is 1. The van der Waals surface area contributed by atoms with Crippen LogP contribution in [0.5, 0.6) is 0 Å². The standard InChI is InChI=1S/C17H11ClN2O/c18-15-7-3-2-6-14(15)17(21)20-13(11-19)10-9-12-5-1-4-8-16(12)20/h1-10,13H. The zero-order valence-corrected chi connectivity index (χ0v) is 11.8. The van der Waals surface area contributed by atoms with E-state index in [-0.39, 0.29) is 5.91 Å². The van der Waals surface area contributed by atoms with Crippen molar-refractivity contribution in [3.63, 3.8) is 0 Å². The van der Waals surface area contributed by atoms with Crippen molar-refractivity contribution in [3.8, 4) is 6.07 Å². The Morgan fingerprint density at radius 3 is 2.62 bits per heavy atom. The molecule has 21 heavy (non-hydrogen) atoms. The van der Waals surface area contributed by atoms with Gasteiger partial charge in [0.15, 0.2) is 0 Å². The number of halogens is 1. The Hall–Kier alpha value is -2.57. The van der Waals surface area contributed by atoms with Crippen LogP contribution < -0.4 is 4.90 Å². The van der Waals surface area contributed by atoms with E-state index in [0.717, 1.165) is 11.3 Å². The van der Waals surface area contributed by atoms with E-state index >= 15 is 0 Å². The van der Waals surface area contributed by atoms with Gasteiger partial charge in [-0.15, -0.1) is 0 Å². The summed E-state index contributed by atoms with van der Waals surface area (Å²) in [5.74, 6) is -0.274. The summed E-state index contributed by atoms with van der Waals surface area (Å²) in [7, 11) is 0. The first-order valence-electron chi connectivity index (χ1n) is 6.47. The van der Waals surface area contributed by atoms with Gasteiger partial charge in [-0.3, -0.25) is 9.69 Å². The van der Waals surface area contributed by atoms with E-state index < -0.39 is 6.04 Å². The Bertz CT molecular complexity index is 776. The molecular weight excluding hydrogens is 284 g/mol. The van der Waals surface area contributed by atoms with Crippen LogP contribution in [0.15, 0.2) is 54.6 Å². The van der Waals surface area contributed by atoms with Gasteiger partial charge in [-0.25, -0.2) is 0 Å². The van der Waals surface area contributed by atoms with Gasteiger partial charge in [-0.05, 0) is 29.8 Å². The Morgan fingerprint density at radius 2 is 1.86 bits per heavy atom. The van der Waals surface area contributed by atoms with Gasteiger partial charge >= 0.3 is 0 Å². The van der Waals surface area contributed by atoms with Crippen molar-refractivity contribution >= 4 is 29.3 Å². The molecular formula is C17H11ClN2O. The van der Waals surface area contributed by atoms with Gasteiger partial charge in [0.1, 0.15) is 6.04 Å². The highest BCUT2D eigenvalue weighted by Gasteiger charge is 2.29. The topological polar surface area (TPSA) is 44.1 Å². The summed E-state index contributed by atoms with van der Waals surface area (Å²) in [6.07, 6.45) is 3.58. The van der Waals surface area contributed by atoms with Crippen LogP contribution in [0.1, 0.15) is 15.9 Å². The maximum Gasteiger partial charge on any atom is 0.261 e. The number of anilines is 1. The number of amides is 1. The summed E-state index contributed by atoms with van der Waals surface area (Å²) in [4.78, 5) is 14.3. The summed E-state index contributed by atoms with van der Waals surface area (Å²) in [5, 5.41) is 9.70. The van der Waals surface area contributed by atoms with Gasteiger partial charge in [-0.2, -0.15) is 5.26 Å². The number of nitrogens with zero attached hydrogens (tertiary/aromatic N) is 2. The van der Waals surface area contributed by atoms with Crippen molar-refractivity contribution in [1.29, 1.82) is 5.26 Å². The smallest absolute Gasteiger partial charge is 0.261 e. The van der Waals surface area contributed by atoms with E-state index in [4.69, 9.17) is 11.6 Å². The second kappa shape index (κ2) is 5.43. The number of benzene rings is 2. The molecule has 1 unspecified atom stereocenters. The minimum atomic E-state index is -0.635. The lowest BCUT2D eigenvalue weighted by Crippen LogP contribution is -2.40. The number of carbonyl (C=O) groups excluding carboxylic acids is 1. The van der Waals surface area contributed by atoms with Gasteiger partial charge in [0.05, 0.1) is 22.3 Å². The van der Waals surface area contributed by atoms with Crippen molar-refractivity contribution in [3.05, 3.63) is 70.8 Å². The molecule has 1 heterocycles. The van der Waals surface area contributed by atoms with Gasteiger partial charge in [0, 0.05) is 0 Å². The van der Waals surface area contributed by atoms with Crippen molar-refractivity contribution in [2.75, 3.05) is 4.90 Å². The van der Waals surface area contributed by atoms with Crippen molar-refractivity contribution < 1.29 is 4.79 Å². The lowest BCUT2D eigenvalue weighted by molar-refractivity contribution is 0.0985. The molecule has 0 spiro atoms. The molecule has 4 heteroatoms. The van der Waals surface area contributed by atoms with Crippen LogP contribution in [0.4, 0.5) is 5.69 Å². The first-order chi connectivity index (χ1) is 10.2. The first-order valence-corrected chi connectivity index (χ1v) is 6.85. The largest absolute Gasteiger partial charge is 0.288 e. The molecule has 1 aliphatic rings. The fourth-order valence-electron chi connectivity index (χ4n) is 2.38. The van der Waals surface area contributed by atoms with E-state index in [1.54, 1.807) is 30.3 Å². The minimum absolute atomic E-state index is 0.274. The van der Waals surface area contributed by atoms with E-state index in [2.05, 4.69) is 6.07 Å². The second-order valence-corrected chi connectivity index (χ2v) is 5.05. The molecule has 0 N–H and O–H groups in total. The Morgan fingerprint density at radius 1 is 1.14 bits per heavy atom. The monoisotopic (exact) mass is 294 g/mol. The van der Waals surface area contributed by atoms with Gasteiger partial charge in [0.2, 0.25) is 0 Å². The molecule has 0 aliphatic carbocycles. The van der Waals surface area contributed by atoms with Crippen LogP contribution in [0.2, 0.25) is 5.02 Å². The first kappa shape index (κ1) is 13.4. The molecule has 3 rings (SSSR count). The van der Waals surface area contributed by atoms with E-state index in [1.807, 2.05) is 30.3 Å². The molecule has 0 aromatic heterocycles. The third-order valence-electron chi connectivity index (χ3n) is 3.39. The molecule has 102 valence electrons. The highest BCUT2D eigenvalue weighted by Crippen LogP contribution is 2.31. The molecule has 0 fully saturated rings. The molecule has 0 saturated heterocycles. The fraction of sp³-hybridized carbons (Fsp3) is 0.0588. The lowest BCUT2D eigenvalue weighted by atomic mass is 10.0. The molecule has 1 atom stereocenters. The second-order valence-electron chi connectivity index (χ2n) is 4.65. The number of hydrogen-bond donors (Lipinski definition) is 0. The van der Waals surface area contributed by atoms with Crippen LogP contribution >= 0.6 is 11.6 Å². The Kier molecular flexibility index (Phi) is 3.47. The SMILES string of the molecule is N#CC1C=Cc2ccccc2N1C(=O)c1ccccc1Cl. The van der Waals surface area contributed by atoms with Crippen LogP contribution in [-0.4, -0.2) is 11.9 Å². The predicted molar refractivity (Wildman–Crippen MR) is 83.1 cm³/mol. The van der Waals surface area contributed by atoms with Gasteiger partial charge < -0.3 is 0 Å². The van der Waals surface area contributed by atoms with E-state index in [1.165, 1.54) is 4.90 Å². The zero-order chi connectivity index (χ0) is 14.8. The van der Waals surface area contributed by atoms with Crippen LogP contribution in [0.3, 0.4) is 0 Å². The molecule has 0 saturated carbocycles. The summed E-state index contributed by atoms with van der Waals surface area (Å²) < 4.78 is 0. The number of carbonyl (C=O) groups is 1. The summed E-state index contributed by atoms with van der Waals surface area (Å²) >= 11 is 6.11. The van der Waals surface area contributed by atoms with Crippen molar-refractivity contribution in [2.45, 2.75) is 6.04 Å². The average Bonchev–Trinajstić information content (AvgIpc) is 2.53. The lowest BCUT2D eigenvalue weighted by Gasteiger charge is -2.30. The van der Waals surface area contributed by atoms with Crippen molar-refractivity contribution in [2.24, 2.45) is 0 Å². The number of nitriles is 1. The summed E-state index contributed by atoms with van der Waals surface area (Å²) in [6.45, 7) is 0. The normalized spacial score (nSPS) is 16.2. The zero-order valence-electron chi connectivity index (χ0n) is 11.0. The molecule has 3 nitrogen and oxygen atoms in total. The molecule has 0 bridgehead atoms. The summed E-state index contributed by atoms with van der Waals surface area (Å²) in [6, 6.07) is 15.8. The molecule has 0 radical (unpaired) electrons. The Balaban J connectivity index is 2.11. The van der Waals surface area contributed by atoms with Gasteiger partial charge in [-0.1, -0.05) is 48.0 Å². The third kappa shape index (κ3) is 2.31. The highest BCUT2D eigenvalue weighted by molar-refractivity contribution is 6.34. The summed E-state index contributed by atoms with van der Waals surface area (Å²) in [5.41, 5.74) is 2.02. The minimum Gasteiger partial charge on any atom is -0.288 e. The van der Waals surface area contributed by atoms with Crippen molar-refractivity contribution in [1.82, 2.24) is 0 Å². The maximum atomic E-state index is 12.8. The predicted octanol–water partition coefficient (Wildman–Crippen LogP) is 3.91. The Labute approximate surface area is 127 Å². The quantitative estimate of drug-likeness (QED) is 0.800. The molecule has 1 aliphatic heterocycles. The maximum absolute atomic E-state index is 12.8. The fourth-order valence-corrected chi connectivity index (χ4v) is 2.60. The third-order valence-corrected chi connectivity index (χ3v) is 3.72.